The molecule has 1 aliphatic rings. The predicted molar refractivity (Wildman–Crippen MR) is 125 cm³/mol. The van der Waals surface area contributed by atoms with Gasteiger partial charge in [-0.25, -0.2) is 24.6 Å². The van der Waals surface area contributed by atoms with Crippen LogP contribution in [-0.2, 0) is 0 Å². The topological polar surface area (TPSA) is 126 Å². The molecular formula is C22H20N8O. The molecule has 31 heavy (non-hydrogen) atoms. The molecule has 0 saturated heterocycles. The van der Waals surface area contributed by atoms with E-state index >= 15 is 0 Å². The molecule has 0 spiro atoms. The summed E-state index contributed by atoms with van der Waals surface area (Å²) in [6.07, 6.45) is 7.47. The Morgan fingerprint density at radius 1 is 1.06 bits per heavy atom. The van der Waals surface area contributed by atoms with Crippen LogP contribution in [0.25, 0.3) is 11.1 Å². The maximum absolute atomic E-state index is 14.1. The van der Waals surface area contributed by atoms with Crippen molar-refractivity contribution in [1.82, 2.24) is 9.97 Å². The van der Waals surface area contributed by atoms with Crippen LogP contribution in [0.2, 0.25) is 0 Å². The molecular weight excluding hydrogens is 392 g/mol. The van der Waals surface area contributed by atoms with Gasteiger partial charge in [0, 0.05) is 29.7 Å². The molecule has 1 aromatic heterocycles. The number of fused-ring (bicyclic) bond motifs is 3. The number of hydrogen-bond acceptors (Lipinski definition) is 7. The number of anilines is 5. The Morgan fingerprint density at radius 2 is 1.74 bits per heavy atom. The zero-order chi connectivity index (χ0) is 22.0. The quantitative estimate of drug-likeness (QED) is 0.495. The largest absolute Gasteiger partial charge is 0.397 e. The molecule has 1 aliphatic heterocycles. The highest BCUT2D eigenvalue weighted by molar-refractivity contribution is 6.19. The first-order valence-electron chi connectivity index (χ1n) is 9.40. The third-order valence-corrected chi connectivity index (χ3v) is 4.73. The molecule has 9 heteroatoms. The SMILES string of the molecule is C=N/C=C(\N=C/C)N1C(=O)N(c2cnccn2)c2c(N)cccc2-c2cccc(N)c21. The first-order valence-corrected chi connectivity index (χ1v) is 9.40. The number of nitrogens with zero attached hydrogens (tertiary/aromatic N) is 6. The molecule has 4 rings (SSSR count). The maximum atomic E-state index is 14.1. The van der Waals surface area contributed by atoms with Gasteiger partial charge in [0.25, 0.3) is 0 Å². The second kappa shape index (κ2) is 8.07. The number of nitrogens with two attached hydrogens (primary N) is 2. The van der Waals surface area contributed by atoms with Crippen molar-refractivity contribution in [3.63, 3.8) is 0 Å². The Balaban J connectivity index is 2.13. The van der Waals surface area contributed by atoms with Crippen LogP contribution >= 0.6 is 0 Å². The van der Waals surface area contributed by atoms with E-state index in [0.29, 0.717) is 34.1 Å². The molecule has 2 aromatic carbocycles. The van der Waals surface area contributed by atoms with E-state index in [9.17, 15) is 4.79 Å². The lowest BCUT2D eigenvalue weighted by Gasteiger charge is -2.29. The van der Waals surface area contributed by atoms with E-state index in [4.69, 9.17) is 11.5 Å². The number of hydrogen-bond donors (Lipinski definition) is 2. The van der Waals surface area contributed by atoms with Gasteiger partial charge in [-0.15, -0.1) is 0 Å². The van der Waals surface area contributed by atoms with Crippen molar-refractivity contribution in [2.24, 2.45) is 9.98 Å². The lowest BCUT2D eigenvalue weighted by molar-refractivity contribution is 0.255. The van der Waals surface area contributed by atoms with Gasteiger partial charge in [0.05, 0.1) is 35.1 Å². The van der Waals surface area contributed by atoms with Gasteiger partial charge in [0.15, 0.2) is 11.6 Å². The minimum Gasteiger partial charge on any atom is -0.397 e. The predicted octanol–water partition coefficient (Wildman–Crippen LogP) is 3.98. The van der Waals surface area contributed by atoms with Crippen molar-refractivity contribution in [2.75, 3.05) is 21.3 Å². The average Bonchev–Trinajstić information content (AvgIpc) is 2.88. The van der Waals surface area contributed by atoms with Crippen LogP contribution in [0.1, 0.15) is 6.92 Å². The van der Waals surface area contributed by atoms with Gasteiger partial charge in [-0.1, -0.05) is 24.3 Å². The van der Waals surface area contributed by atoms with E-state index in [1.165, 1.54) is 34.6 Å². The Kier molecular flexibility index (Phi) is 5.15. The maximum Gasteiger partial charge on any atom is 0.340 e. The van der Waals surface area contributed by atoms with E-state index in [-0.39, 0.29) is 5.82 Å². The van der Waals surface area contributed by atoms with Gasteiger partial charge in [-0.3, -0.25) is 9.98 Å². The summed E-state index contributed by atoms with van der Waals surface area (Å²) >= 11 is 0. The lowest BCUT2D eigenvalue weighted by atomic mass is 9.99. The summed E-state index contributed by atoms with van der Waals surface area (Å²) in [6.45, 7) is 5.25. The van der Waals surface area contributed by atoms with Crippen LogP contribution in [0.5, 0.6) is 0 Å². The summed E-state index contributed by atoms with van der Waals surface area (Å²) in [5, 5.41) is 0. The molecule has 0 aliphatic carbocycles. The Morgan fingerprint density at radius 3 is 2.35 bits per heavy atom. The van der Waals surface area contributed by atoms with Crippen molar-refractivity contribution in [2.45, 2.75) is 6.92 Å². The highest BCUT2D eigenvalue weighted by atomic mass is 16.2. The van der Waals surface area contributed by atoms with Gasteiger partial charge in [-0.2, -0.15) is 0 Å². The van der Waals surface area contributed by atoms with Crippen molar-refractivity contribution >= 4 is 47.5 Å². The summed E-state index contributed by atoms with van der Waals surface area (Å²) in [7, 11) is 0. The summed E-state index contributed by atoms with van der Waals surface area (Å²) in [6, 6.07) is 10.3. The number of aliphatic imine (C=N–C) groups is 2. The average molecular weight is 412 g/mol. The van der Waals surface area contributed by atoms with E-state index < -0.39 is 6.03 Å². The molecule has 154 valence electrons. The van der Waals surface area contributed by atoms with Gasteiger partial charge in [-0.05, 0) is 25.8 Å². The standard InChI is InChI=1S/C22H20N8O/c1-3-27-18(12-25-2)29-20-14(6-4-8-16(20)23)15-7-5-9-17(24)21(15)30(22(29)31)19-13-26-10-11-28-19/h3-13H,2,23-24H2,1H3/b18-12+,27-3-. The van der Waals surface area contributed by atoms with Crippen molar-refractivity contribution < 1.29 is 4.79 Å². The van der Waals surface area contributed by atoms with Crippen LogP contribution in [-0.4, -0.2) is 28.9 Å². The first kappa shape index (κ1) is 19.8. The van der Waals surface area contributed by atoms with E-state index in [1.807, 2.05) is 24.3 Å². The minimum absolute atomic E-state index is 0.238. The molecule has 3 aromatic rings. The minimum atomic E-state index is -0.489. The van der Waals surface area contributed by atoms with Crippen LogP contribution in [0.4, 0.5) is 33.4 Å². The third-order valence-electron chi connectivity index (χ3n) is 4.73. The molecule has 0 bridgehead atoms. The third kappa shape index (κ3) is 3.27. The molecule has 0 unspecified atom stereocenters. The van der Waals surface area contributed by atoms with Gasteiger partial charge >= 0.3 is 6.03 Å². The van der Waals surface area contributed by atoms with Crippen LogP contribution in [0.15, 0.2) is 77.0 Å². The summed E-state index contributed by atoms with van der Waals surface area (Å²) in [5.74, 6) is 0.538. The fourth-order valence-corrected chi connectivity index (χ4v) is 3.54. The Bertz CT molecular complexity index is 1220. The van der Waals surface area contributed by atoms with E-state index in [0.717, 1.165) is 5.56 Å². The number of rotatable bonds is 4. The Hall–Kier alpha value is -4.53. The molecule has 4 N–H and O–H groups in total. The van der Waals surface area contributed by atoms with Crippen molar-refractivity contribution in [3.05, 3.63) is 67.0 Å². The highest BCUT2D eigenvalue weighted by Crippen LogP contribution is 2.49. The molecule has 2 heterocycles. The van der Waals surface area contributed by atoms with Crippen molar-refractivity contribution in [3.8, 4) is 11.1 Å². The Labute approximate surface area is 179 Å². The van der Waals surface area contributed by atoms with Crippen LogP contribution in [0, 0.1) is 0 Å². The lowest BCUT2D eigenvalue weighted by Crippen LogP contribution is -2.40. The number of benzene rings is 2. The number of carbonyl (C=O) groups excluding carboxylic acids is 1. The van der Waals surface area contributed by atoms with Gasteiger partial charge in [0.2, 0.25) is 0 Å². The monoisotopic (exact) mass is 412 g/mol. The number of amides is 2. The second-order valence-electron chi connectivity index (χ2n) is 6.56. The number of para-hydroxylation sites is 2. The number of carbonyl (C=O) groups is 1. The summed E-state index contributed by atoms with van der Waals surface area (Å²) in [5.41, 5.74) is 15.9. The summed E-state index contributed by atoms with van der Waals surface area (Å²) in [4.78, 5) is 33.5. The van der Waals surface area contributed by atoms with Gasteiger partial charge < -0.3 is 11.5 Å². The molecule has 0 radical (unpaired) electrons. The molecule has 0 atom stereocenters. The van der Waals surface area contributed by atoms with Crippen molar-refractivity contribution in [1.29, 1.82) is 0 Å². The number of nitrogen functional groups attached to an aromatic ring is 2. The summed E-state index contributed by atoms with van der Waals surface area (Å²) < 4.78 is 0. The number of aromatic nitrogens is 2. The van der Waals surface area contributed by atoms with Gasteiger partial charge in [0.1, 0.15) is 0 Å². The molecule has 9 nitrogen and oxygen atoms in total. The fraction of sp³-hybridized carbons (Fsp3) is 0.0455. The highest BCUT2D eigenvalue weighted by Gasteiger charge is 2.37. The van der Waals surface area contributed by atoms with Crippen LogP contribution < -0.4 is 21.3 Å². The normalized spacial score (nSPS) is 13.7. The fourth-order valence-electron chi connectivity index (χ4n) is 3.54. The zero-order valence-electron chi connectivity index (χ0n) is 16.8. The molecule has 0 fully saturated rings. The van der Waals surface area contributed by atoms with E-state index in [1.54, 1.807) is 25.3 Å². The van der Waals surface area contributed by atoms with E-state index in [2.05, 4.69) is 26.7 Å². The second-order valence-corrected chi connectivity index (χ2v) is 6.56. The molecule has 0 saturated carbocycles. The molecule has 2 amide bonds. The van der Waals surface area contributed by atoms with Crippen LogP contribution in [0.3, 0.4) is 0 Å². The zero-order valence-corrected chi connectivity index (χ0v) is 16.8. The number of urea groups is 1. The first-order chi connectivity index (χ1) is 15.1. The smallest absolute Gasteiger partial charge is 0.340 e.